The van der Waals surface area contributed by atoms with Crippen LogP contribution in [-0.4, -0.2) is 63.9 Å². The third-order valence-corrected chi connectivity index (χ3v) is 2.08. The Morgan fingerprint density at radius 2 is 1.76 bits per heavy atom. The highest BCUT2D eigenvalue weighted by Crippen LogP contribution is 1.88. The van der Waals surface area contributed by atoms with E-state index in [2.05, 4.69) is 5.32 Å². The number of nitrogens with one attached hydrogen (secondary N) is 1. The summed E-state index contributed by atoms with van der Waals surface area (Å²) < 4.78 is 15.5. The van der Waals surface area contributed by atoms with Crippen molar-refractivity contribution < 1.29 is 19.3 Å². The molecule has 5 heteroatoms. The summed E-state index contributed by atoms with van der Waals surface area (Å²) in [5.41, 5.74) is 0. The van der Waals surface area contributed by atoms with E-state index in [1.54, 1.807) is 7.11 Å². The van der Waals surface area contributed by atoms with Gasteiger partial charge in [0, 0.05) is 32.9 Å². The van der Waals surface area contributed by atoms with Gasteiger partial charge in [0.05, 0.1) is 25.9 Å². The molecule has 0 bridgehead atoms. The van der Waals surface area contributed by atoms with Crippen molar-refractivity contribution in [3.8, 4) is 0 Å². The number of rotatable bonds is 12. The van der Waals surface area contributed by atoms with Gasteiger partial charge in [0.2, 0.25) is 0 Å². The van der Waals surface area contributed by atoms with Crippen LogP contribution >= 0.6 is 0 Å². The van der Waals surface area contributed by atoms with Gasteiger partial charge in [-0.2, -0.15) is 0 Å². The van der Waals surface area contributed by atoms with Gasteiger partial charge in [-0.3, -0.25) is 0 Å². The second-order valence-electron chi connectivity index (χ2n) is 4.25. The molecule has 0 aromatic heterocycles. The molecule has 0 aliphatic heterocycles. The molecule has 2 N–H and O–H groups in total. The van der Waals surface area contributed by atoms with Gasteiger partial charge < -0.3 is 24.6 Å². The quantitative estimate of drug-likeness (QED) is 0.491. The molecule has 5 nitrogen and oxygen atoms in total. The number of aliphatic hydroxyl groups excluding tert-OH is 1. The fourth-order valence-electron chi connectivity index (χ4n) is 1.18. The van der Waals surface area contributed by atoms with Crippen molar-refractivity contribution in [2.45, 2.75) is 32.4 Å². The molecule has 0 spiro atoms. The van der Waals surface area contributed by atoms with E-state index in [0.717, 1.165) is 13.0 Å². The smallest absolute Gasteiger partial charge is 0.0897 e. The van der Waals surface area contributed by atoms with Crippen LogP contribution in [0.4, 0.5) is 0 Å². The largest absolute Gasteiger partial charge is 0.389 e. The van der Waals surface area contributed by atoms with E-state index in [0.29, 0.717) is 39.0 Å². The molecule has 0 fully saturated rings. The van der Waals surface area contributed by atoms with Crippen molar-refractivity contribution in [1.82, 2.24) is 5.32 Å². The molecular formula is C12H27NO4. The van der Waals surface area contributed by atoms with Crippen LogP contribution in [-0.2, 0) is 14.2 Å². The Balaban J connectivity index is 3.11. The van der Waals surface area contributed by atoms with Crippen LogP contribution in [0.5, 0.6) is 0 Å². The molecule has 1 atom stereocenters. The van der Waals surface area contributed by atoms with Crippen LogP contribution < -0.4 is 5.32 Å². The van der Waals surface area contributed by atoms with E-state index in [1.165, 1.54) is 0 Å². The van der Waals surface area contributed by atoms with Crippen LogP contribution in [0.25, 0.3) is 0 Å². The first-order valence-electron chi connectivity index (χ1n) is 6.22. The Labute approximate surface area is 104 Å². The van der Waals surface area contributed by atoms with Crippen LogP contribution in [0.2, 0.25) is 0 Å². The predicted octanol–water partition coefficient (Wildman–Crippen LogP) is 0.415. The minimum atomic E-state index is -0.453. The number of aliphatic hydroxyl groups is 1. The summed E-state index contributed by atoms with van der Waals surface area (Å²) in [5, 5.41) is 12.7. The predicted molar refractivity (Wildman–Crippen MR) is 67.3 cm³/mol. The van der Waals surface area contributed by atoms with Crippen molar-refractivity contribution in [2.75, 3.05) is 46.7 Å². The van der Waals surface area contributed by atoms with E-state index in [1.807, 2.05) is 13.8 Å². The molecule has 0 aromatic carbocycles. The molecule has 0 aliphatic rings. The average molecular weight is 249 g/mol. The van der Waals surface area contributed by atoms with Crippen molar-refractivity contribution in [2.24, 2.45) is 0 Å². The van der Waals surface area contributed by atoms with Gasteiger partial charge in [0.15, 0.2) is 0 Å². The lowest BCUT2D eigenvalue weighted by molar-refractivity contribution is 0.00121. The van der Waals surface area contributed by atoms with Gasteiger partial charge in [-0.15, -0.1) is 0 Å². The Bertz CT molecular complexity index is 155. The molecule has 104 valence electrons. The molecular weight excluding hydrogens is 222 g/mol. The number of ether oxygens (including phenoxy) is 3. The Morgan fingerprint density at radius 3 is 2.41 bits per heavy atom. The molecule has 0 aliphatic carbocycles. The Hall–Kier alpha value is -0.200. The van der Waals surface area contributed by atoms with Crippen molar-refractivity contribution in [1.29, 1.82) is 0 Å². The van der Waals surface area contributed by atoms with Crippen LogP contribution in [0.1, 0.15) is 20.3 Å². The summed E-state index contributed by atoms with van der Waals surface area (Å²) in [6, 6.07) is 0.383. The van der Waals surface area contributed by atoms with Gasteiger partial charge in [0.1, 0.15) is 0 Å². The second-order valence-corrected chi connectivity index (χ2v) is 4.25. The van der Waals surface area contributed by atoms with Crippen LogP contribution in [0, 0.1) is 0 Å². The Kier molecular flexibility index (Phi) is 12.1. The van der Waals surface area contributed by atoms with Gasteiger partial charge in [-0.1, -0.05) is 13.8 Å². The number of hydrogen-bond acceptors (Lipinski definition) is 5. The third kappa shape index (κ3) is 13.7. The highest BCUT2D eigenvalue weighted by molar-refractivity contribution is 4.60. The Morgan fingerprint density at radius 1 is 1.06 bits per heavy atom. The van der Waals surface area contributed by atoms with Crippen molar-refractivity contribution in [3.63, 3.8) is 0 Å². The molecule has 17 heavy (non-hydrogen) atoms. The lowest BCUT2D eigenvalue weighted by Gasteiger charge is -2.14. The highest BCUT2D eigenvalue weighted by Gasteiger charge is 2.04. The summed E-state index contributed by atoms with van der Waals surface area (Å²) in [6.07, 6.45) is 0.447. The first-order valence-corrected chi connectivity index (χ1v) is 6.22. The average Bonchev–Trinajstić information content (AvgIpc) is 2.30. The summed E-state index contributed by atoms with van der Waals surface area (Å²) in [6.45, 7) is 7.49. The summed E-state index contributed by atoms with van der Waals surface area (Å²) in [7, 11) is 1.68. The molecule has 0 rings (SSSR count). The number of methoxy groups -OCH3 is 1. The number of hydrogen-bond donors (Lipinski definition) is 2. The lowest BCUT2D eigenvalue weighted by Crippen LogP contribution is -2.34. The molecule has 1 unspecified atom stereocenters. The molecule has 0 saturated heterocycles. The first kappa shape index (κ1) is 16.8. The fraction of sp³-hybridized carbons (Fsp3) is 1.00. The zero-order chi connectivity index (χ0) is 12.9. The van der Waals surface area contributed by atoms with Gasteiger partial charge in [0.25, 0.3) is 0 Å². The van der Waals surface area contributed by atoms with E-state index in [4.69, 9.17) is 14.2 Å². The van der Waals surface area contributed by atoms with Crippen molar-refractivity contribution in [3.05, 3.63) is 0 Å². The lowest BCUT2D eigenvalue weighted by atomic mass is 10.3. The second kappa shape index (κ2) is 12.3. The standard InChI is InChI=1S/C12H27NO4/c1-11(2)13-9-12(14)10-17-8-7-16-6-4-5-15-3/h11-14H,4-10H2,1-3H3. The minimum absolute atomic E-state index is 0.348. The summed E-state index contributed by atoms with van der Waals surface area (Å²) >= 11 is 0. The molecule has 0 heterocycles. The molecule has 0 aromatic rings. The van der Waals surface area contributed by atoms with Crippen molar-refractivity contribution >= 4 is 0 Å². The maximum atomic E-state index is 9.53. The molecule has 0 saturated carbocycles. The van der Waals surface area contributed by atoms with Gasteiger partial charge in [-0.25, -0.2) is 0 Å². The maximum Gasteiger partial charge on any atom is 0.0897 e. The monoisotopic (exact) mass is 249 g/mol. The maximum absolute atomic E-state index is 9.53. The zero-order valence-electron chi connectivity index (χ0n) is 11.3. The first-order chi connectivity index (χ1) is 8.16. The van der Waals surface area contributed by atoms with Crippen LogP contribution in [0.3, 0.4) is 0 Å². The molecule has 0 radical (unpaired) electrons. The van der Waals surface area contributed by atoms with Gasteiger partial charge >= 0.3 is 0 Å². The van der Waals surface area contributed by atoms with E-state index < -0.39 is 6.10 Å². The fourth-order valence-corrected chi connectivity index (χ4v) is 1.18. The van der Waals surface area contributed by atoms with Gasteiger partial charge in [-0.05, 0) is 6.42 Å². The molecule has 0 amide bonds. The summed E-state index contributed by atoms with van der Waals surface area (Å²) in [5.74, 6) is 0. The highest BCUT2D eigenvalue weighted by atomic mass is 16.5. The van der Waals surface area contributed by atoms with E-state index in [9.17, 15) is 5.11 Å². The summed E-state index contributed by atoms with van der Waals surface area (Å²) in [4.78, 5) is 0. The topological polar surface area (TPSA) is 60.0 Å². The minimum Gasteiger partial charge on any atom is -0.389 e. The third-order valence-electron chi connectivity index (χ3n) is 2.08. The normalized spacial score (nSPS) is 13.2. The van der Waals surface area contributed by atoms with E-state index >= 15 is 0 Å². The van der Waals surface area contributed by atoms with Crippen LogP contribution in [0.15, 0.2) is 0 Å². The SMILES string of the molecule is COCCCOCCOCC(O)CNC(C)C. The zero-order valence-corrected chi connectivity index (χ0v) is 11.3. The van der Waals surface area contributed by atoms with E-state index in [-0.39, 0.29) is 0 Å².